The van der Waals surface area contributed by atoms with Crippen molar-refractivity contribution in [1.82, 2.24) is 4.72 Å². The molecule has 0 spiro atoms. The van der Waals surface area contributed by atoms with E-state index < -0.39 is 21.9 Å². The fraction of sp³-hybridized carbons (Fsp3) is 0.500. The average molecular weight is 312 g/mol. The number of para-hydroxylation sites is 1. The molecule has 2 rings (SSSR count). The Morgan fingerprint density at radius 3 is 2.62 bits per heavy atom. The van der Waals surface area contributed by atoms with Crippen LogP contribution < -0.4 is 10.0 Å². The lowest BCUT2D eigenvalue weighted by atomic mass is 10.1. The molecular formula is C14H20N2O4S. The Morgan fingerprint density at radius 2 is 2.05 bits per heavy atom. The number of anilines is 1. The van der Waals surface area contributed by atoms with Crippen LogP contribution in [0.15, 0.2) is 29.2 Å². The van der Waals surface area contributed by atoms with Crippen LogP contribution in [0, 0.1) is 5.92 Å². The lowest BCUT2D eigenvalue weighted by Crippen LogP contribution is -2.27. The predicted molar refractivity (Wildman–Crippen MR) is 79.7 cm³/mol. The number of hydrogen-bond acceptors (Lipinski definition) is 4. The maximum atomic E-state index is 12.3. The molecule has 116 valence electrons. The van der Waals surface area contributed by atoms with Gasteiger partial charge >= 0.3 is 5.97 Å². The Labute approximate surface area is 124 Å². The smallest absolute Gasteiger partial charge is 0.308 e. The molecule has 21 heavy (non-hydrogen) atoms. The molecule has 0 aromatic heterocycles. The van der Waals surface area contributed by atoms with Gasteiger partial charge in [0, 0.05) is 12.6 Å². The molecule has 1 aliphatic rings. The second-order valence-corrected chi connectivity index (χ2v) is 6.90. The molecule has 6 nitrogen and oxygen atoms in total. The first kappa shape index (κ1) is 15.8. The monoisotopic (exact) mass is 312 g/mol. The standard InChI is InChI=1S/C14H20N2O4S/c1-2-10(14(17)18)9-15-12-5-3-4-6-13(12)21(19,20)16-11-7-8-11/h3-6,10-11,15-16H,2,7-9H2,1H3,(H,17,18). The summed E-state index contributed by atoms with van der Waals surface area (Å²) in [7, 11) is -3.56. The number of carbonyl (C=O) groups is 1. The van der Waals surface area contributed by atoms with Gasteiger partial charge in [0.15, 0.2) is 0 Å². The molecule has 1 aromatic rings. The Bertz CT molecular complexity index is 611. The predicted octanol–water partition coefficient (Wildman–Crippen LogP) is 1.65. The average Bonchev–Trinajstić information content (AvgIpc) is 3.22. The van der Waals surface area contributed by atoms with Crippen LogP contribution in [0.25, 0.3) is 0 Å². The molecule has 0 heterocycles. The Balaban J connectivity index is 2.14. The van der Waals surface area contributed by atoms with E-state index in [0.29, 0.717) is 12.1 Å². The molecule has 1 aromatic carbocycles. The maximum Gasteiger partial charge on any atom is 0.308 e. The molecule has 0 amide bonds. The normalized spacial score (nSPS) is 16.4. The Kier molecular flexibility index (Phi) is 4.84. The van der Waals surface area contributed by atoms with Crippen molar-refractivity contribution < 1.29 is 18.3 Å². The minimum Gasteiger partial charge on any atom is -0.481 e. The van der Waals surface area contributed by atoms with Crippen LogP contribution in [0.4, 0.5) is 5.69 Å². The topological polar surface area (TPSA) is 95.5 Å². The van der Waals surface area contributed by atoms with Crippen molar-refractivity contribution in [3.8, 4) is 0 Å². The first-order chi connectivity index (χ1) is 9.94. The minimum absolute atomic E-state index is 0.0328. The van der Waals surface area contributed by atoms with Gasteiger partial charge in [-0.05, 0) is 31.4 Å². The molecule has 0 aliphatic heterocycles. The van der Waals surface area contributed by atoms with Gasteiger partial charge in [0.2, 0.25) is 10.0 Å². The van der Waals surface area contributed by atoms with Crippen molar-refractivity contribution in [2.75, 3.05) is 11.9 Å². The summed E-state index contributed by atoms with van der Waals surface area (Å²) in [4.78, 5) is 11.2. The zero-order chi connectivity index (χ0) is 15.5. The number of rotatable bonds is 8. The van der Waals surface area contributed by atoms with Crippen molar-refractivity contribution >= 4 is 21.7 Å². The van der Waals surface area contributed by atoms with Gasteiger partial charge in [0.25, 0.3) is 0 Å². The summed E-state index contributed by atoms with van der Waals surface area (Å²) in [6.45, 7) is 1.99. The first-order valence-corrected chi connectivity index (χ1v) is 8.50. The highest BCUT2D eigenvalue weighted by Gasteiger charge is 2.29. The van der Waals surface area contributed by atoms with Gasteiger partial charge in [-0.1, -0.05) is 19.1 Å². The second-order valence-electron chi connectivity index (χ2n) is 5.22. The van der Waals surface area contributed by atoms with E-state index in [1.807, 2.05) is 0 Å². The van der Waals surface area contributed by atoms with Gasteiger partial charge in [-0.25, -0.2) is 13.1 Å². The highest BCUT2D eigenvalue weighted by molar-refractivity contribution is 7.89. The van der Waals surface area contributed by atoms with Gasteiger partial charge in [-0.15, -0.1) is 0 Å². The maximum absolute atomic E-state index is 12.3. The van der Waals surface area contributed by atoms with Gasteiger partial charge in [-0.2, -0.15) is 0 Å². The third-order valence-corrected chi connectivity index (χ3v) is 5.04. The minimum atomic E-state index is -3.56. The Morgan fingerprint density at radius 1 is 1.38 bits per heavy atom. The number of carboxylic acid groups (broad SMARTS) is 1. The van der Waals surface area contributed by atoms with E-state index in [1.54, 1.807) is 25.1 Å². The zero-order valence-electron chi connectivity index (χ0n) is 11.9. The lowest BCUT2D eigenvalue weighted by Gasteiger charge is -2.15. The number of sulfonamides is 1. The van der Waals surface area contributed by atoms with Crippen LogP contribution >= 0.6 is 0 Å². The molecule has 0 bridgehead atoms. The summed E-state index contributed by atoms with van der Waals surface area (Å²) in [5, 5.41) is 12.0. The van der Waals surface area contributed by atoms with Crippen LogP contribution in [-0.4, -0.2) is 32.1 Å². The molecule has 0 radical (unpaired) electrons. The number of nitrogens with one attached hydrogen (secondary N) is 2. The molecule has 1 fully saturated rings. The molecule has 1 aliphatic carbocycles. The summed E-state index contributed by atoms with van der Waals surface area (Å²) < 4.78 is 27.2. The second kappa shape index (κ2) is 6.44. The van der Waals surface area contributed by atoms with E-state index in [2.05, 4.69) is 10.0 Å². The van der Waals surface area contributed by atoms with Crippen LogP contribution in [0.1, 0.15) is 26.2 Å². The van der Waals surface area contributed by atoms with E-state index in [0.717, 1.165) is 12.8 Å². The molecule has 1 atom stereocenters. The lowest BCUT2D eigenvalue weighted by molar-refractivity contribution is -0.141. The number of hydrogen-bond donors (Lipinski definition) is 3. The van der Waals surface area contributed by atoms with E-state index in [-0.39, 0.29) is 17.5 Å². The van der Waals surface area contributed by atoms with Crippen LogP contribution in [0.5, 0.6) is 0 Å². The largest absolute Gasteiger partial charge is 0.481 e. The third kappa shape index (κ3) is 4.18. The highest BCUT2D eigenvalue weighted by Crippen LogP contribution is 2.26. The molecule has 1 saturated carbocycles. The third-order valence-electron chi connectivity index (χ3n) is 3.46. The van der Waals surface area contributed by atoms with Crippen molar-refractivity contribution in [3.05, 3.63) is 24.3 Å². The summed E-state index contributed by atoms with van der Waals surface area (Å²) in [6, 6.07) is 6.58. The fourth-order valence-corrected chi connectivity index (χ4v) is 3.46. The van der Waals surface area contributed by atoms with Crippen LogP contribution in [0.2, 0.25) is 0 Å². The van der Waals surface area contributed by atoms with Gasteiger partial charge in [-0.3, -0.25) is 4.79 Å². The number of carboxylic acids is 1. The van der Waals surface area contributed by atoms with E-state index in [9.17, 15) is 13.2 Å². The van der Waals surface area contributed by atoms with Crippen LogP contribution in [0.3, 0.4) is 0 Å². The molecule has 3 N–H and O–H groups in total. The first-order valence-electron chi connectivity index (χ1n) is 7.02. The van der Waals surface area contributed by atoms with Crippen molar-refractivity contribution in [2.45, 2.75) is 37.1 Å². The van der Waals surface area contributed by atoms with E-state index in [4.69, 9.17) is 5.11 Å². The van der Waals surface area contributed by atoms with Gasteiger partial charge in [0.1, 0.15) is 4.90 Å². The Hall–Kier alpha value is -1.60. The van der Waals surface area contributed by atoms with Crippen molar-refractivity contribution in [3.63, 3.8) is 0 Å². The summed E-state index contributed by atoms with van der Waals surface area (Å²) in [6.07, 6.45) is 2.22. The SMILES string of the molecule is CCC(CNc1ccccc1S(=O)(=O)NC1CC1)C(=O)O. The summed E-state index contributed by atoms with van der Waals surface area (Å²) >= 11 is 0. The number of aliphatic carboxylic acids is 1. The molecular weight excluding hydrogens is 292 g/mol. The van der Waals surface area contributed by atoms with E-state index in [1.165, 1.54) is 6.07 Å². The fourth-order valence-electron chi connectivity index (χ4n) is 1.97. The molecule has 7 heteroatoms. The van der Waals surface area contributed by atoms with Gasteiger partial charge in [0.05, 0.1) is 11.6 Å². The van der Waals surface area contributed by atoms with Gasteiger partial charge < -0.3 is 10.4 Å². The van der Waals surface area contributed by atoms with E-state index >= 15 is 0 Å². The van der Waals surface area contributed by atoms with Crippen molar-refractivity contribution in [2.24, 2.45) is 5.92 Å². The van der Waals surface area contributed by atoms with Crippen molar-refractivity contribution in [1.29, 1.82) is 0 Å². The molecule has 1 unspecified atom stereocenters. The highest BCUT2D eigenvalue weighted by atomic mass is 32.2. The number of benzene rings is 1. The molecule has 0 saturated heterocycles. The summed E-state index contributed by atoms with van der Waals surface area (Å²) in [5.74, 6) is -1.43. The zero-order valence-corrected chi connectivity index (χ0v) is 12.7. The van der Waals surface area contributed by atoms with Crippen LogP contribution in [-0.2, 0) is 14.8 Å². The summed E-state index contributed by atoms with van der Waals surface area (Å²) in [5.41, 5.74) is 0.436. The quantitative estimate of drug-likeness (QED) is 0.678.